The van der Waals surface area contributed by atoms with Crippen LogP contribution in [-0.2, 0) is 14.1 Å². The highest BCUT2D eigenvalue weighted by molar-refractivity contribution is 6.20. The fourth-order valence-corrected chi connectivity index (χ4v) is 4.61. The summed E-state index contributed by atoms with van der Waals surface area (Å²) >= 11 is 0. The van der Waals surface area contributed by atoms with Crippen LogP contribution in [0.15, 0.2) is 66.9 Å². The number of hydrogen-bond acceptors (Lipinski definition) is 0. The summed E-state index contributed by atoms with van der Waals surface area (Å²) in [5.41, 5.74) is 3.87. The fraction of sp³-hybridized carbons (Fsp3) is 0.120. The Kier molecular flexibility index (Phi) is 2.71. The second kappa shape index (κ2) is 4.92. The van der Waals surface area contributed by atoms with Gasteiger partial charge in [0.15, 0.2) is 0 Å². The van der Waals surface area contributed by atoms with Crippen LogP contribution in [0, 0.1) is 6.92 Å². The molecule has 2 nitrogen and oxygen atoms in total. The van der Waals surface area contributed by atoms with Crippen molar-refractivity contribution in [3.63, 3.8) is 0 Å². The van der Waals surface area contributed by atoms with Gasteiger partial charge in [-0.25, -0.2) is 0 Å². The van der Waals surface area contributed by atoms with Crippen LogP contribution in [0.25, 0.3) is 54.1 Å². The van der Waals surface area contributed by atoms with Crippen molar-refractivity contribution in [3.05, 3.63) is 72.6 Å². The molecule has 0 aliphatic rings. The van der Waals surface area contributed by atoms with Gasteiger partial charge in [-0.2, -0.15) is 0 Å². The Morgan fingerprint density at radius 2 is 1.19 bits per heavy atom. The topological polar surface area (TPSA) is 9.86 Å². The van der Waals surface area contributed by atoms with Crippen LogP contribution in [0.2, 0.25) is 0 Å². The molecule has 0 fully saturated rings. The number of aromatic nitrogens is 2. The van der Waals surface area contributed by atoms with Crippen molar-refractivity contribution in [2.24, 2.45) is 14.1 Å². The molecule has 6 aromatic rings. The standard InChI is InChI=1S/C25H20N2/c1-15-10-19-12-23-17(14-25(19)27(15)3)5-7-20-21(23)6-4-16-13-24-18(11-22(16)20)8-9-26(24)2/h4-14H,1-3H3. The van der Waals surface area contributed by atoms with Gasteiger partial charge in [-0.15, -0.1) is 0 Å². The Morgan fingerprint density at radius 3 is 1.89 bits per heavy atom. The molecule has 0 saturated carbocycles. The summed E-state index contributed by atoms with van der Waals surface area (Å²) in [7, 11) is 4.25. The summed E-state index contributed by atoms with van der Waals surface area (Å²) in [5, 5.41) is 10.5. The summed E-state index contributed by atoms with van der Waals surface area (Å²) < 4.78 is 4.46. The predicted octanol–water partition coefficient (Wildman–Crippen LogP) is 6.44. The van der Waals surface area contributed by atoms with Gasteiger partial charge in [0, 0.05) is 47.8 Å². The maximum absolute atomic E-state index is 2.35. The SMILES string of the molecule is Cc1cc2cc3c(ccc4c5cc6ccn(C)c6cc5ccc34)cc2n1C. The lowest BCUT2D eigenvalue weighted by Crippen LogP contribution is -1.89. The lowest BCUT2D eigenvalue weighted by Gasteiger charge is -2.09. The number of nitrogens with zero attached hydrogens (tertiary/aromatic N) is 2. The zero-order valence-corrected chi connectivity index (χ0v) is 15.7. The molecule has 0 aliphatic carbocycles. The molecule has 4 aromatic carbocycles. The molecule has 6 rings (SSSR count). The van der Waals surface area contributed by atoms with Gasteiger partial charge >= 0.3 is 0 Å². The summed E-state index contributed by atoms with van der Waals surface area (Å²) in [6, 6.07) is 22.9. The third-order valence-corrected chi connectivity index (χ3v) is 6.24. The van der Waals surface area contributed by atoms with E-state index in [9.17, 15) is 0 Å². The first-order chi connectivity index (χ1) is 13.1. The summed E-state index contributed by atoms with van der Waals surface area (Å²) in [4.78, 5) is 0. The van der Waals surface area contributed by atoms with Gasteiger partial charge in [0.1, 0.15) is 0 Å². The van der Waals surface area contributed by atoms with Gasteiger partial charge in [0.05, 0.1) is 0 Å². The lowest BCUT2D eigenvalue weighted by molar-refractivity contribution is 0.919. The molecule has 0 spiro atoms. The van der Waals surface area contributed by atoms with E-state index in [-0.39, 0.29) is 0 Å². The van der Waals surface area contributed by atoms with E-state index in [1.165, 1.54) is 59.8 Å². The first kappa shape index (κ1) is 14.9. The Morgan fingerprint density at radius 1 is 0.556 bits per heavy atom. The van der Waals surface area contributed by atoms with Gasteiger partial charge in [-0.05, 0) is 75.6 Å². The molecule has 2 heteroatoms. The lowest BCUT2D eigenvalue weighted by atomic mass is 9.95. The summed E-state index contributed by atoms with van der Waals surface area (Å²) in [5.74, 6) is 0. The average Bonchev–Trinajstić information content (AvgIpc) is 3.17. The number of rotatable bonds is 0. The quantitative estimate of drug-likeness (QED) is 0.280. The largest absolute Gasteiger partial charge is 0.351 e. The fourth-order valence-electron chi connectivity index (χ4n) is 4.61. The molecule has 2 heterocycles. The third kappa shape index (κ3) is 1.90. The molecule has 0 amide bonds. The zero-order chi connectivity index (χ0) is 18.3. The molecule has 130 valence electrons. The monoisotopic (exact) mass is 348 g/mol. The Bertz CT molecular complexity index is 1540. The second-order valence-corrected chi connectivity index (χ2v) is 7.76. The minimum Gasteiger partial charge on any atom is -0.351 e. The number of benzene rings is 4. The third-order valence-electron chi connectivity index (χ3n) is 6.24. The van der Waals surface area contributed by atoms with Crippen LogP contribution < -0.4 is 0 Å². The summed E-state index contributed by atoms with van der Waals surface area (Å²) in [6.45, 7) is 2.17. The van der Waals surface area contributed by atoms with Gasteiger partial charge < -0.3 is 9.13 Å². The van der Waals surface area contributed by atoms with Crippen molar-refractivity contribution in [3.8, 4) is 0 Å². The average molecular weight is 348 g/mol. The van der Waals surface area contributed by atoms with E-state index >= 15 is 0 Å². The van der Waals surface area contributed by atoms with Crippen molar-refractivity contribution in [1.29, 1.82) is 0 Å². The molecule has 0 aliphatic heterocycles. The van der Waals surface area contributed by atoms with E-state index < -0.39 is 0 Å². The van der Waals surface area contributed by atoms with Crippen molar-refractivity contribution < 1.29 is 0 Å². The highest BCUT2D eigenvalue weighted by Crippen LogP contribution is 2.35. The molecule has 0 N–H and O–H groups in total. The van der Waals surface area contributed by atoms with Crippen molar-refractivity contribution in [2.75, 3.05) is 0 Å². The van der Waals surface area contributed by atoms with E-state index in [0.717, 1.165) is 0 Å². The van der Waals surface area contributed by atoms with E-state index in [1.807, 2.05) is 0 Å². The molecular formula is C25H20N2. The molecule has 0 atom stereocenters. The van der Waals surface area contributed by atoms with Crippen LogP contribution in [-0.4, -0.2) is 9.13 Å². The van der Waals surface area contributed by atoms with Crippen molar-refractivity contribution in [1.82, 2.24) is 9.13 Å². The number of aryl methyl sites for hydroxylation is 3. The maximum atomic E-state index is 2.35. The first-order valence-electron chi connectivity index (χ1n) is 9.40. The molecule has 2 aromatic heterocycles. The van der Waals surface area contributed by atoms with Crippen molar-refractivity contribution >= 4 is 54.1 Å². The van der Waals surface area contributed by atoms with E-state index in [1.54, 1.807) is 0 Å². The number of hydrogen-bond donors (Lipinski definition) is 0. The highest BCUT2D eigenvalue weighted by atomic mass is 14.9. The molecule has 0 bridgehead atoms. The van der Waals surface area contributed by atoms with Gasteiger partial charge in [0.25, 0.3) is 0 Å². The van der Waals surface area contributed by atoms with Gasteiger partial charge in [-0.3, -0.25) is 0 Å². The Balaban J connectivity index is 1.78. The number of fused-ring (bicyclic) bond motifs is 7. The minimum absolute atomic E-state index is 1.28. The molecule has 27 heavy (non-hydrogen) atoms. The van der Waals surface area contributed by atoms with E-state index in [4.69, 9.17) is 0 Å². The first-order valence-corrected chi connectivity index (χ1v) is 9.40. The van der Waals surface area contributed by atoms with Gasteiger partial charge in [-0.1, -0.05) is 24.3 Å². The predicted molar refractivity (Wildman–Crippen MR) is 117 cm³/mol. The zero-order valence-electron chi connectivity index (χ0n) is 15.7. The molecule has 0 radical (unpaired) electrons. The molecular weight excluding hydrogens is 328 g/mol. The van der Waals surface area contributed by atoms with Crippen LogP contribution in [0.1, 0.15) is 5.69 Å². The summed E-state index contributed by atoms with van der Waals surface area (Å²) in [6.07, 6.45) is 2.13. The normalized spacial score (nSPS) is 12.3. The second-order valence-electron chi connectivity index (χ2n) is 7.76. The minimum atomic E-state index is 1.28. The van der Waals surface area contributed by atoms with E-state index in [2.05, 4.69) is 97.0 Å². The van der Waals surface area contributed by atoms with Crippen LogP contribution >= 0.6 is 0 Å². The molecule has 0 saturated heterocycles. The molecule has 0 unspecified atom stereocenters. The highest BCUT2D eigenvalue weighted by Gasteiger charge is 2.10. The Hall–Kier alpha value is -3.26. The van der Waals surface area contributed by atoms with Crippen LogP contribution in [0.3, 0.4) is 0 Å². The Labute approximate surface area is 157 Å². The smallest absolute Gasteiger partial charge is 0.0486 e. The maximum Gasteiger partial charge on any atom is 0.0486 e. The van der Waals surface area contributed by atoms with Crippen LogP contribution in [0.5, 0.6) is 0 Å². The van der Waals surface area contributed by atoms with Crippen molar-refractivity contribution in [2.45, 2.75) is 6.92 Å². The van der Waals surface area contributed by atoms with E-state index in [0.29, 0.717) is 0 Å². The van der Waals surface area contributed by atoms with Crippen LogP contribution in [0.4, 0.5) is 0 Å². The van der Waals surface area contributed by atoms with Gasteiger partial charge in [0.2, 0.25) is 0 Å².